The molecule has 3 aromatic rings. The molecule has 448 valence electrons. The Balaban J connectivity index is 0.842. The summed E-state index contributed by atoms with van der Waals surface area (Å²) in [5.74, 6) is -0.0744. The number of nitrogens with zero attached hydrogens (tertiary/aromatic N) is 7. The van der Waals surface area contributed by atoms with Crippen LogP contribution in [-0.2, 0) is 48.0 Å². The zero-order valence-corrected chi connectivity index (χ0v) is 49.0. The maximum Gasteiger partial charge on any atom is 0.406 e. The van der Waals surface area contributed by atoms with E-state index in [1.54, 1.807) is 13.2 Å². The Morgan fingerprint density at radius 2 is 1.64 bits per heavy atom. The summed E-state index contributed by atoms with van der Waals surface area (Å²) in [6.45, 7) is 11.4. The maximum absolute atomic E-state index is 15.3. The highest BCUT2D eigenvalue weighted by atomic mass is 19.4. The van der Waals surface area contributed by atoms with E-state index in [9.17, 15) is 9.59 Å². The first kappa shape index (κ1) is 56.9. The van der Waals surface area contributed by atoms with Gasteiger partial charge in [0.2, 0.25) is 11.8 Å². The third kappa shape index (κ3) is 11.9. The molecule has 1 spiro atoms. The van der Waals surface area contributed by atoms with Gasteiger partial charge in [0.05, 0.1) is 30.1 Å². The van der Waals surface area contributed by atoms with Gasteiger partial charge in [0.15, 0.2) is 0 Å². The number of amides is 3. The number of benzene rings is 2. The Kier molecular flexibility index (Phi) is 15.5. The van der Waals surface area contributed by atoms with Crippen molar-refractivity contribution in [3.8, 4) is 11.1 Å². The van der Waals surface area contributed by atoms with Crippen LogP contribution in [0.3, 0.4) is 0 Å². The lowest BCUT2D eigenvalue weighted by atomic mass is 9.83. The number of hydrazine groups is 1. The predicted molar refractivity (Wildman–Crippen MR) is 311 cm³/mol. The number of carbonyl (C=O) groups excluding carboxylic acids is 4. The number of aliphatic imine (C=N–C) groups is 1. The largest absolute Gasteiger partial charge is 0.464 e. The fourth-order valence-corrected chi connectivity index (χ4v) is 15.7. The number of cyclic esters (lactones) is 1. The molecule has 1 aromatic heterocycles. The van der Waals surface area contributed by atoms with Crippen molar-refractivity contribution in [2.45, 2.75) is 178 Å². The van der Waals surface area contributed by atoms with Gasteiger partial charge >= 0.3 is 12.1 Å². The predicted octanol–water partition coefficient (Wildman–Crippen LogP) is 7.12. The highest BCUT2D eigenvalue weighted by Crippen LogP contribution is 2.47. The average molecular weight is 1150 g/mol. The molecule has 3 amide bonds. The van der Waals surface area contributed by atoms with E-state index in [2.05, 4.69) is 35.7 Å². The van der Waals surface area contributed by atoms with Gasteiger partial charge in [-0.1, -0.05) is 57.0 Å². The number of carbonyl (C=O) groups is 4. The molecule has 3 saturated carbocycles. The second kappa shape index (κ2) is 22.6. The van der Waals surface area contributed by atoms with E-state index in [0.29, 0.717) is 72.6 Å². The normalized spacial score (nSPS) is 30.3. The van der Waals surface area contributed by atoms with Gasteiger partial charge in [0, 0.05) is 118 Å². The van der Waals surface area contributed by atoms with Gasteiger partial charge in [0.1, 0.15) is 24.7 Å². The number of nitrogens with one attached hydrogen (secondary N) is 3. The van der Waals surface area contributed by atoms with Crippen LogP contribution in [-0.4, -0.2) is 186 Å². The molecule has 16 nitrogen and oxygen atoms in total. The number of hydrogen-bond acceptors (Lipinski definition) is 12. The minimum Gasteiger partial charge on any atom is -0.464 e. The molecule has 19 heteroatoms. The second-order valence-corrected chi connectivity index (χ2v) is 27.3. The Morgan fingerprint density at radius 1 is 0.880 bits per heavy atom. The lowest BCUT2D eigenvalue weighted by Crippen LogP contribution is -2.62. The Morgan fingerprint density at radius 3 is 2.39 bits per heavy atom. The molecular weight excluding hydrogens is 1060 g/mol. The minimum absolute atomic E-state index is 0.0382. The second-order valence-electron chi connectivity index (χ2n) is 27.3. The number of methoxy groups -OCH3 is 1. The number of hydrogen-bond donors (Lipinski definition) is 3. The van der Waals surface area contributed by atoms with E-state index in [1.165, 1.54) is 35.3 Å². The number of ether oxygens (including phenoxy) is 2. The molecule has 0 radical (unpaired) electrons. The average Bonchev–Trinajstić information content (AvgIpc) is 3.52. The van der Waals surface area contributed by atoms with Crippen molar-refractivity contribution < 1.29 is 41.8 Å². The number of fused-ring (bicyclic) bond motifs is 6. The van der Waals surface area contributed by atoms with E-state index < -0.39 is 48.3 Å². The van der Waals surface area contributed by atoms with E-state index in [1.807, 2.05) is 63.4 Å². The van der Waals surface area contributed by atoms with Crippen LogP contribution in [0.4, 0.5) is 13.2 Å². The molecule has 10 aliphatic rings. The first-order chi connectivity index (χ1) is 39.9. The van der Waals surface area contributed by atoms with Gasteiger partial charge in [-0.2, -0.15) is 13.2 Å². The van der Waals surface area contributed by atoms with E-state index in [0.717, 1.165) is 112 Å². The molecule has 3 aliphatic carbocycles. The number of aromatic nitrogens is 1. The van der Waals surface area contributed by atoms with Gasteiger partial charge in [-0.3, -0.25) is 49.2 Å². The molecule has 13 rings (SSSR count). The fourth-order valence-electron chi connectivity index (χ4n) is 15.7. The van der Waals surface area contributed by atoms with Crippen molar-refractivity contribution in [1.29, 1.82) is 0 Å². The molecular formula is C64H85F3N10O6. The van der Waals surface area contributed by atoms with Crippen molar-refractivity contribution in [2.24, 2.45) is 27.7 Å². The molecule has 2 aromatic carbocycles. The summed E-state index contributed by atoms with van der Waals surface area (Å²) in [4.78, 5) is 72.9. The quantitative estimate of drug-likeness (QED) is 0.125. The Bertz CT molecular complexity index is 3050. The van der Waals surface area contributed by atoms with Crippen LogP contribution in [0.25, 0.3) is 27.6 Å². The lowest BCUT2D eigenvalue weighted by molar-refractivity contribution is -0.155. The first-order valence-corrected chi connectivity index (χ1v) is 31.3. The third-order valence-corrected chi connectivity index (χ3v) is 20.6. The fraction of sp³-hybridized carbons (Fsp3) is 0.672. The highest BCUT2D eigenvalue weighted by molar-refractivity contribution is 5.96. The smallest absolute Gasteiger partial charge is 0.406 e. The number of likely N-dealkylation sites (tertiary alicyclic amines) is 2. The van der Waals surface area contributed by atoms with Crippen LogP contribution >= 0.6 is 0 Å². The summed E-state index contributed by atoms with van der Waals surface area (Å²) in [5.41, 5.74) is 7.72. The van der Waals surface area contributed by atoms with Gasteiger partial charge in [-0.25, -0.2) is 5.43 Å². The molecule has 8 atom stereocenters. The molecule has 83 heavy (non-hydrogen) atoms. The summed E-state index contributed by atoms with van der Waals surface area (Å²) < 4.78 is 59.4. The van der Waals surface area contributed by atoms with Gasteiger partial charge in [0.25, 0.3) is 5.91 Å². The summed E-state index contributed by atoms with van der Waals surface area (Å²) in [6.07, 6.45) is 9.27. The van der Waals surface area contributed by atoms with Gasteiger partial charge in [-0.15, -0.1) is 0 Å². The summed E-state index contributed by atoms with van der Waals surface area (Å²) >= 11 is 0. The Labute approximate surface area is 486 Å². The van der Waals surface area contributed by atoms with Crippen LogP contribution < -0.4 is 16.1 Å². The van der Waals surface area contributed by atoms with E-state index >= 15 is 22.8 Å². The van der Waals surface area contributed by atoms with Crippen molar-refractivity contribution >= 4 is 46.4 Å². The van der Waals surface area contributed by atoms with Gasteiger partial charge in [-0.05, 0) is 137 Å². The van der Waals surface area contributed by atoms with Crippen molar-refractivity contribution in [3.63, 3.8) is 0 Å². The SMILES string of the molecule is CO[C@@H](C)C1=C(c2c3c4cc(ccc4n2CC(F)(F)F)-c2cccc(c2)C[C@H](NC(=O)[C@H](C2CCCC2)N2CC[C@]4(CCN(C(=O)[C@@H]5N[C@@H]5C5CC5)C4)C2)C(=O)N2CCC[C@H](N2)C(=O)OCC(C)(C)C3)CC(N2CCN(C3CC3)CC2)C=N1. The molecule has 1 unspecified atom stereocenters. The third-order valence-electron chi connectivity index (χ3n) is 20.6. The molecule has 3 N–H and O–H groups in total. The molecule has 5 saturated heterocycles. The number of halogens is 3. The summed E-state index contributed by atoms with van der Waals surface area (Å²) in [5, 5.41) is 8.95. The zero-order valence-electron chi connectivity index (χ0n) is 49.0. The number of rotatable bonds is 12. The van der Waals surface area contributed by atoms with Crippen molar-refractivity contribution in [2.75, 3.05) is 72.6 Å². The molecule has 8 fully saturated rings. The monoisotopic (exact) mass is 1150 g/mol. The van der Waals surface area contributed by atoms with Crippen LogP contribution in [0.1, 0.15) is 121 Å². The van der Waals surface area contributed by atoms with Crippen molar-refractivity contribution in [1.82, 2.24) is 45.2 Å². The Hall–Kier alpha value is -5.18. The highest BCUT2D eigenvalue weighted by Gasteiger charge is 2.55. The van der Waals surface area contributed by atoms with E-state index in [-0.39, 0.29) is 60.6 Å². The van der Waals surface area contributed by atoms with Crippen LogP contribution in [0, 0.1) is 22.7 Å². The summed E-state index contributed by atoms with van der Waals surface area (Å²) in [7, 11) is 1.60. The number of alkyl halides is 3. The lowest BCUT2D eigenvalue weighted by Gasteiger charge is -2.40. The van der Waals surface area contributed by atoms with E-state index in [4.69, 9.17) is 14.5 Å². The topological polar surface area (TPSA) is 166 Å². The molecule has 8 heterocycles. The standard InChI is InChI=1S/C64H85F3N10O6/c1-39(82-4)53-48(32-46(34-68-53)73-27-25-72(26-28-73)45-17-18-45)57-49-33-62(2,3)38-83-61(81)50-13-8-22-77(71-50)59(79)51(30-40-9-7-12-43(29-40)44-16-19-52(47(49)31-44)76(57)37-64(65,66)67)69-58(78)56(42-10-5-6-11-42)74-23-20-63(35-74)21-24-75(36-63)60(80)55-54(70-55)41-14-15-41/h7,9,12,16,19,29,31,34,39,41-42,45-46,50-51,54-56,70-71H,5-6,8,10-11,13-15,17-18,20-28,30,32-33,35-38H2,1-4H3,(H,69,78)/t39-,46?,50-,51-,54+,55+,56-,63-/m0/s1. The van der Waals surface area contributed by atoms with Gasteiger partial charge < -0.3 is 24.3 Å². The number of piperazine rings is 1. The number of esters is 1. The van der Waals surface area contributed by atoms with Crippen LogP contribution in [0.2, 0.25) is 0 Å². The maximum atomic E-state index is 15.3. The molecule has 6 bridgehead atoms. The molecule has 7 aliphatic heterocycles. The first-order valence-electron chi connectivity index (χ1n) is 31.3. The zero-order chi connectivity index (χ0) is 57.5. The van der Waals surface area contributed by atoms with Crippen LogP contribution in [0.15, 0.2) is 53.2 Å². The summed E-state index contributed by atoms with van der Waals surface area (Å²) in [6, 6.07) is 12.1. The van der Waals surface area contributed by atoms with Crippen LogP contribution in [0.5, 0.6) is 0 Å². The van der Waals surface area contributed by atoms with Crippen molar-refractivity contribution in [3.05, 3.63) is 65.0 Å². The minimum atomic E-state index is -4.57.